The fourth-order valence-electron chi connectivity index (χ4n) is 2.49. The Morgan fingerprint density at radius 1 is 1.12 bits per heavy atom. The first-order valence-electron chi connectivity index (χ1n) is 8.67. The van der Waals surface area contributed by atoms with Crippen molar-refractivity contribution in [3.8, 4) is 11.5 Å². The molecule has 2 aromatic carbocycles. The van der Waals surface area contributed by atoms with Crippen LogP contribution in [0.15, 0.2) is 42.5 Å². The smallest absolute Gasteiger partial charge is 0.251 e. The SMILES string of the molecule is CCCNC(=O)c1cccc(CNCc2cccc(OCC)c2O)c1. The molecule has 0 aliphatic heterocycles. The van der Waals surface area contributed by atoms with Crippen molar-refractivity contribution >= 4 is 5.91 Å². The Morgan fingerprint density at radius 3 is 2.68 bits per heavy atom. The largest absolute Gasteiger partial charge is 0.504 e. The van der Waals surface area contributed by atoms with Crippen LogP contribution in [0.5, 0.6) is 11.5 Å². The van der Waals surface area contributed by atoms with Crippen molar-refractivity contribution < 1.29 is 14.6 Å². The van der Waals surface area contributed by atoms with Crippen molar-refractivity contribution in [2.24, 2.45) is 0 Å². The van der Waals surface area contributed by atoms with E-state index in [-0.39, 0.29) is 11.7 Å². The van der Waals surface area contributed by atoms with E-state index in [0.29, 0.717) is 37.6 Å². The van der Waals surface area contributed by atoms with Crippen LogP contribution in [0, 0.1) is 0 Å². The van der Waals surface area contributed by atoms with Gasteiger partial charge in [0.1, 0.15) is 0 Å². The van der Waals surface area contributed by atoms with Crippen molar-refractivity contribution in [2.75, 3.05) is 13.2 Å². The maximum absolute atomic E-state index is 12.0. The topological polar surface area (TPSA) is 70.6 Å². The summed E-state index contributed by atoms with van der Waals surface area (Å²) in [6.07, 6.45) is 0.914. The lowest BCUT2D eigenvalue weighted by Gasteiger charge is -2.11. The van der Waals surface area contributed by atoms with E-state index in [1.165, 1.54) is 0 Å². The predicted octanol–water partition coefficient (Wildman–Crippen LogP) is 3.22. The molecule has 134 valence electrons. The average Bonchev–Trinajstić information content (AvgIpc) is 2.63. The molecule has 2 rings (SSSR count). The van der Waals surface area contributed by atoms with Gasteiger partial charge in [0, 0.05) is 30.8 Å². The number of hydrogen-bond donors (Lipinski definition) is 3. The molecule has 0 saturated heterocycles. The van der Waals surface area contributed by atoms with Gasteiger partial charge in [-0.25, -0.2) is 0 Å². The third-order valence-corrected chi connectivity index (χ3v) is 3.75. The lowest BCUT2D eigenvalue weighted by molar-refractivity contribution is 0.0953. The van der Waals surface area contributed by atoms with Gasteiger partial charge in [0.25, 0.3) is 5.91 Å². The average molecular weight is 342 g/mol. The van der Waals surface area contributed by atoms with Gasteiger partial charge in [-0.1, -0.05) is 31.2 Å². The molecule has 0 spiro atoms. The van der Waals surface area contributed by atoms with Crippen molar-refractivity contribution in [2.45, 2.75) is 33.4 Å². The Labute approximate surface area is 149 Å². The van der Waals surface area contributed by atoms with Gasteiger partial charge in [0.2, 0.25) is 0 Å². The van der Waals surface area contributed by atoms with E-state index in [1.807, 2.05) is 50.2 Å². The lowest BCUT2D eigenvalue weighted by atomic mass is 10.1. The highest BCUT2D eigenvalue weighted by Gasteiger charge is 2.08. The van der Waals surface area contributed by atoms with Crippen LogP contribution >= 0.6 is 0 Å². The quantitative estimate of drug-likeness (QED) is 0.654. The highest BCUT2D eigenvalue weighted by atomic mass is 16.5. The van der Waals surface area contributed by atoms with Gasteiger partial charge in [-0.05, 0) is 37.1 Å². The number of phenols is 1. The van der Waals surface area contributed by atoms with Gasteiger partial charge >= 0.3 is 0 Å². The zero-order chi connectivity index (χ0) is 18.1. The van der Waals surface area contributed by atoms with Gasteiger partial charge in [-0.3, -0.25) is 4.79 Å². The van der Waals surface area contributed by atoms with E-state index >= 15 is 0 Å². The highest BCUT2D eigenvalue weighted by molar-refractivity contribution is 5.94. The van der Waals surface area contributed by atoms with Crippen LogP contribution in [-0.4, -0.2) is 24.2 Å². The molecular weight excluding hydrogens is 316 g/mol. The number of rotatable bonds is 9. The molecule has 0 fully saturated rings. The minimum Gasteiger partial charge on any atom is -0.504 e. The van der Waals surface area contributed by atoms with Gasteiger partial charge < -0.3 is 20.5 Å². The Balaban J connectivity index is 1.94. The molecule has 0 aromatic heterocycles. The summed E-state index contributed by atoms with van der Waals surface area (Å²) < 4.78 is 5.39. The number of carbonyl (C=O) groups excluding carboxylic acids is 1. The zero-order valence-corrected chi connectivity index (χ0v) is 14.8. The second-order valence-electron chi connectivity index (χ2n) is 5.76. The van der Waals surface area contributed by atoms with Crippen LogP contribution in [0.25, 0.3) is 0 Å². The van der Waals surface area contributed by atoms with Gasteiger partial charge in [-0.15, -0.1) is 0 Å². The number of hydrogen-bond acceptors (Lipinski definition) is 4. The third-order valence-electron chi connectivity index (χ3n) is 3.75. The van der Waals surface area contributed by atoms with Crippen LogP contribution in [0.4, 0.5) is 0 Å². The van der Waals surface area contributed by atoms with E-state index in [1.54, 1.807) is 6.07 Å². The number of carbonyl (C=O) groups is 1. The summed E-state index contributed by atoms with van der Waals surface area (Å²) in [4.78, 5) is 12.0. The number of nitrogens with one attached hydrogen (secondary N) is 2. The number of aromatic hydroxyl groups is 1. The van der Waals surface area contributed by atoms with Crippen molar-refractivity contribution in [3.05, 3.63) is 59.2 Å². The second kappa shape index (κ2) is 9.69. The minimum absolute atomic E-state index is 0.0502. The van der Waals surface area contributed by atoms with Crippen molar-refractivity contribution in [1.82, 2.24) is 10.6 Å². The molecule has 0 aliphatic carbocycles. The number of ether oxygens (including phenoxy) is 1. The first-order valence-corrected chi connectivity index (χ1v) is 8.67. The van der Waals surface area contributed by atoms with Crippen LogP contribution in [0.2, 0.25) is 0 Å². The monoisotopic (exact) mass is 342 g/mol. The second-order valence-corrected chi connectivity index (χ2v) is 5.76. The third kappa shape index (κ3) is 5.50. The molecule has 0 saturated carbocycles. The summed E-state index contributed by atoms with van der Waals surface area (Å²) in [5.74, 6) is 0.617. The van der Waals surface area contributed by atoms with Crippen molar-refractivity contribution in [1.29, 1.82) is 0 Å². The van der Waals surface area contributed by atoms with E-state index < -0.39 is 0 Å². The molecule has 25 heavy (non-hydrogen) atoms. The number of para-hydroxylation sites is 1. The van der Waals surface area contributed by atoms with Gasteiger partial charge in [-0.2, -0.15) is 0 Å². The molecule has 5 nitrogen and oxygen atoms in total. The molecule has 0 unspecified atom stereocenters. The molecule has 0 bridgehead atoms. The predicted molar refractivity (Wildman–Crippen MR) is 98.9 cm³/mol. The molecule has 0 radical (unpaired) electrons. The summed E-state index contributed by atoms with van der Waals surface area (Å²) in [6, 6.07) is 13.0. The minimum atomic E-state index is -0.0502. The van der Waals surface area contributed by atoms with Crippen molar-refractivity contribution in [3.63, 3.8) is 0 Å². The zero-order valence-electron chi connectivity index (χ0n) is 14.8. The first kappa shape index (κ1) is 18.8. The molecule has 2 aromatic rings. The maximum atomic E-state index is 12.0. The van der Waals surface area contributed by atoms with E-state index in [0.717, 1.165) is 17.5 Å². The lowest BCUT2D eigenvalue weighted by Crippen LogP contribution is -2.24. The summed E-state index contributed by atoms with van der Waals surface area (Å²) in [5, 5.41) is 16.4. The molecule has 1 amide bonds. The van der Waals surface area contributed by atoms with Crippen LogP contribution in [0.1, 0.15) is 41.8 Å². The van der Waals surface area contributed by atoms with E-state index in [2.05, 4.69) is 10.6 Å². The summed E-state index contributed by atoms with van der Waals surface area (Å²) in [7, 11) is 0. The number of benzene rings is 2. The summed E-state index contributed by atoms with van der Waals surface area (Å²) >= 11 is 0. The molecule has 0 heterocycles. The maximum Gasteiger partial charge on any atom is 0.251 e. The van der Waals surface area contributed by atoms with Crippen LogP contribution < -0.4 is 15.4 Å². The Hall–Kier alpha value is -2.53. The highest BCUT2D eigenvalue weighted by Crippen LogP contribution is 2.29. The van der Waals surface area contributed by atoms with Gasteiger partial charge in [0.05, 0.1) is 6.61 Å². The fraction of sp³-hybridized carbons (Fsp3) is 0.350. The van der Waals surface area contributed by atoms with Crippen LogP contribution in [0.3, 0.4) is 0 Å². The standard InChI is InChI=1S/C20H26N2O3/c1-3-11-22-20(24)16-8-5-7-15(12-16)13-21-14-17-9-6-10-18(19(17)23)25-4-2/h5-10,12,21,23H,3-4,11,13-14H2,1-2H3,(H,22,24). The summed E-state index contributed by atoms with van der Waals surface area (Å²) in [6.45, 7) is 6.21. The molecule has 5 heteroatoms. The van der Waals surface area contributed by atoms with E-state index in [4.69, 9.17) is 4.74 Å². The fourth-order valence-corrected chi connectivity index (χ4v) is 2.49. The van der Waals surface area contributed by atoms with Gasteiger partial charge in [0.15, 0.2) is 11.5 Å². The molecule has 0 atom stereocenters. The number of phenolic OH excluding ortho intramolecular Hbond substituents is 1. The van der Waals surface area contributed by atoms with E-state index in [9.17, 15) is 9.90 Å². The molecule has 3 N–H and O–H groups in total. The normalized spacial score (nSPS) is 10.5. The Bertz CT molecular complexity index is 701. The Kier molecular flexibility index (Phi) is 7.29. The summed E-state index contributed by atoms with van der Waals surface area (Å²) in [5.41, 5.74) is 2.46. The van der Waals surface area contributed by atoms with Crippen LogP contribution in [-0.2, 0) is 13.1 Å². The Morgan fingerprint density at radius 2 is 1.92 bits per heavy atom. The molecular formula is C20H26N2O3. The number of amides is 1. The molecule has 0 aliphatic rings. The first-order chi connectivity index (χ1) is 12.2.